The summed E-state index contributed by atoms with van der Waals surface area (Å²) >= 11 is 0. The molecule has 28 heavy (non-hydrogen) atoms. The van der Waals surface area contributed by atoms with E-state index in [-0.39, 0.29) is 12.3 Å². The molecule has 0 fully saturated rings. The number of nitrogens with zero attached hydrogens (tertiary/aromatic N) is 2. The Kier molecular flexibility index (Phi) is 5.50. The molecule has 1 aliphatic heterocycles. The Balaban J connectivity index is 1.79. The van der Waals surface area contributed by atoms with Crippen LogP contribution in [0.2, 0.25) is 0 Å². The molecule has 1 aliphatic rings. The number of benzene rings is 1. The number of carbonyl (C=O) groups is 1. The van der Waals surface area contributed by atoms with Gasteiger partial charge in [0.25, 0.3) is 5.56 Å². The van der Waals surface area contributed by atoms with E-state index in [0.29, 0.717) is 22.8 Å². The normalized spacial score (nSPS) is 17.3. The van der Waals surface area contributed by atoms with E-state index >= 15 is 0 Å². The van der Waals surface area contributed by atoms with Gasteiger partial charge in [0.1, 0.15) is 6.54 Å². The number of sulfone groups is 1. The van der Waals surface area contributed by atoms with Crippen molar-refractivity contribution >= 4 is 15.7 Å². The Bertz CT molecular complexity index is 1090. The second-order valence-electron chi connectivity index (χ2n) is 6.12. The predicted molar refractivity (Wildman–Crippen MR) is 102 cm³/mol. The molecule has 1 amide bonds. The fraction of sp³-hybridized carbons (Fsp3) is 0.278. The van der Waals surface area contributed by atoms with E-state index in [9.17, 15) is 18.0 Å². The molecule has 1 N–H and O–H groups in total. The van der Waals surface area contributed by atoms with Crippen molar-refractivity contribution in [3.63, 3.8) is 0 Å². The van der Waals surface area contributed by atoms with E-state index in [1.807, 2.05) is 0 Å². The molecule has 9 nitrogen and oxygen atoms in total. The maximum Gasteiger partial charge on any atom is 0.267 e. The molecule has 1 aromatic heterocycles. The molecule has 2 heterocycles. The monoisotopic (exact) mass is 405 g/mol. The summed E-state index contributed by atoms with van der Waals surface area (Å²) in [5, 5.41) is 7.86. The summed E-state index contributed by atoms with van der Waals surface area (Å²) in [6.45, 7) is -0.329. The van der Waals surface area contributed by atoms with Gasteiger partial charge in [-0.15, -0.1) is 0 Å². The molecule has 0 radical (unpaired) electrons. The molecular weight excluding hydrogens is 386 g/mol. The van der Waals surface area contributed by atoms with Crippen molar-refractivity contribution in [3.05, 3.63) is 52.2 Å². The fourth-order valence-corrected chi connectivity index (χ4v) is 4.00. The molecule has 3 rings (SSSR count). The number of nitrogens with one attached hydrogen (secondary N) is 1. The van der Waals surface area contributed by atoms with Gasteiger partial charge in [0.05, 0.1) is 31.7 Å². The van der Waals surface area contributed by atoms with Crippen molar-refractivity contribution in [1.82, 2.24) is 15.1 Å². The van der Waals surface area contributed by atoms with Crippen molar-refractivity contribution in [2.75, 3.05) is 20.0 Å². The second kappa shape index (κ2) is 7.85. The van der Waals surface area contributed by atoms with Crippen LogP contribution >= 0.6 is 0 Å². The molecule has 0 bridgehead atoms. The first-order valence-electron chi connectivity index (χ1n) is 8.32. The first-order chi connectivity index (χ1) is 13.3. The van der Waals surface area contributed by atoms with Gasteiger partial charge in [-0.2, -0.15) is 5.10 Å². The minimum Gasteiger partial charge on any atom is -0.493 e. The summed E-state index contributed by atoms with van der Waals surface area (Å²) in [7, 11) is -0.240. The number of amides is 1. The number of carbonyl (C=O) groups excluding carboxylic acids is 1. The SMILES string of the molecule is COc1ccc(-c2ccc(=O)n(CC(=O)N[C@@H]3C=CS(=O)(=O)C3)n2)cc1OC. The number of aromatic nitrogens is 2. The van der Waals surface area contributed by atoms with Gasteiger partial charge < -0.3 is 14.8 Å². The van der Waals surface area contributed by atoms with E-state index in [1.165, 1.54) is 26.4 Å². The molecule has 0 aliphatic carbocycles. The van der Waals surface area contributed by atoms with Gasteiger partial charge in [0, 0.05) is 17.0 Å². The third-order valence-corrected chi connectivity index (χ3v) is 5.51. The van der Waals surface area contributed by atoms with Crippen LogP contribution in [0.25, 0.3) is 11.3 Å². The minimum absolute atomic E-state index is 0.188. The van der Waals surface area contributed by atoms with Crippen molar-refractivity contribution < 1.29 is 22.7 Å². The summed E-state index contributed by atoms with van der Waals surface area (Å²) in [6, 6.07) is 7.43. The molecule has 1 aromatic carbocycles. The quantitative estimate of drug-likeness (QED) is 0.737. The molecule has 0 saturated carbocycles. The maximum atomic E-state index is 12.2. The first kappa shape index (κ1) is 19.6. The van der Waals surface area contributed by atoms with Gasteiger partial charge in [-0.1, -0.05) is 0 Å². The molecule has 0 unspecified atom stereocenters. The summed E-state index contributed by atoms with van der Waals surface area (Å²) in [4.78, 5) is 24.3. The molecule has 2 aromatic rings. The number of hydrogen-bond donors (Lipinski definition) is 1. The van der Waals surface area contributed by atoms with Crippen LogP contribution in [0.1, 0.15) is 0 Å². The number of ether oxygens (including phenoxy) is 2. The Hall–Kier alpha value is -3.14. The van der Waals surface area contributed by atoms with Crippen LogP contribution in [0.5, 0.6) is 11.5 Å². The minimum atomic E-state index is -3.28. The average molecular weight is 405 g/mol. The van der Waals surface area contributed by atoms with Crippen LogP contribution in [0.15, 0.2) is 46.6 Å². The summed E-state index contributed by atoms with van der Waals surface area (Å²) in [5.74, 6) is 0.364. The van der Waals surface area contributed by atoms with E-state index in [0.717, 1.165) is 10.1 Å². The number of hydrogen-bond acceptors (Lipinski definition) is 7. The van der Waals surface area contributed by atoms with Crippen molar-refractivity contribution in [1.29, 1.82) is 0 Å². The van der Waals surface area contributed by atoms with Crippen LogP contribution < -0.4 is 20.3 Å². The van der Waals surface area contributed by atoms with Crippen LogP contribution in [-0.2, 0) is 21.2 Å². The van der Waals surface area contributed by atoms with Crippen LogP contribution in [-0.4, -0.2) is 50.1 Å². The topological polar surface area (TPSA) is 117 Å². The molecule has 0 saturated heterocycles. The Morgan fingerprint density at radius 2 is 1.96 bits per heavy atom. The Morgan fingerprint density at radius 1 is 1.21 bits per heavy atom. The van der Waals surface area contributed by atoms with E-state index in [1.54, 1.807) is 24.3 Å². The number of rotatable bonds is 6. The molecule has 10 heteroatoms. The van der Waals surface area contributed by atoms with Gasteiger partial charge in [-0.05, 0) is 30.3 Å². The highest BCUT2D eigenvalue weighted by Crippen LogP contribution is 2.31. The van der Waals surface area contributed by atoms with E-state index in [4.69, 9.17) is 9.47 Å². The zero-order chi connectivity index (χ0) is 20.3. The lowest BCUT2D eigenvalue weighted by atomic mass is 10.1. The lowest BCUT2D eigenvalue weighted by Gasteiger charge is -2.12. The molecule has 148 valence electrons. The summed E-state index contributed by atoms with van der Waals surface area (Å²) in [6.07, 6.45) is 1.41. The zero-order valence-corrected chi connectivity index (χ0v) is 16.1. The molecule has 0 spiro atoms. The van der Waals surface area contributed by atoms with Gasteiger partial charge in [-0.3, -0.25) is 9.59 Å². The predicted octanol–water partition coefficient (Wildman–Crippen LogP) is 0.354. The summed E-state index contributed by atoms with van der Waals surface area (Å²) in [5.41, 5.74) is 0.697. The highest BCUT2D eigenvalue weighted by molar-refractivity contribution is 7.94. The van der Waals surface area contributed by atoms with Gasteiger partial charge >= 0.3 is 0 Å². The van der Waals surface area contributed by atoms with Crippen molar-refractivity contribution in [3.8, 4) is 22.8 Å². The standard InChI is InChI=1S/C18H19N3O6S/c1-26-15-5-3-12(9-16(15)27-2)14-4-6-18(23)21(20-14)10-17(22)19-13-7-8-28(24,25)11-13/h3-9,13H,10-11H2,1-2H3,(H,19,22)/t13-/m1/s1. The zero-order valence-electron chi connectivity index (χ0n) is 15.3. The van der Waals surface area contributed by atoms with E-state index in [2.05, 4.69) is 10.4 Å². The molecule has 1 atom stereocenters. The maximum absolute atomic E-state index is 12.2. The van der Waals surface area contributed by atoms with E-state index < -0.39 is 27.3 Å². The van der Waals surface area contributed by atoms with Crippen molar-refractivity contribution in [2.24, 2.45) is 0 Å². The fourth-order valence-electron chi connectivity index (χ4n) is 2.77. The van der Waals surface area contributed by atoms with Gasteiger partial charge in [0.2, 0.25) is 5.91 Å². The van der Waals surface area contributed by atoms with Crippen molar-refractivity contribution in [2.45, 2.75) is 12.6 Å². The lowest BCUT2D eigenvalue weighted by Crippen LogP contribution is -2.39. The highest BCUT2D eigenvalue weighted by atomic mass is 32.2. The number of methoxy groups -OCH3 is 2. The van der Waals surface area contributed by atoms with Gasteiger partial charge in [0.15, 0.2) is 21.3 Å². The highest BCUT2D eigenvalue weighted by Gasteiger charge is 2.23. The average Bonchev–Trinajstić information content (AvgIpc) is 3.01. The second-order valence-corrected chi connectivity index (χ2v) is 8.05. The smallest absolute Gasteiger partial charge is 0.267 e. The lowest BCUT2D eigenvalue weighted by molar-refractivity contribution is -0.122. The van der Waals surface area contributed by atoms with Crippen LogP contribution in [0.4, 0.5) is 0 Å². The third kappa shape index (κ3) is 4.39. The molecular formula is C18H19N3O6S. The Morgan fingerprint density at radius 3 is 2.61 bits per heavy atom. The van der Waals surface area contributed by atoms with Gasteiger partial charge in [-0.25, -0.2) is 13.1 Å². The van der Waals surface area contributed by atoms with Crippen LogP contribution in [0, 0.1) is 0 Å². The third-order valence-electron chi connectivity index (χ3n) is 4.12. The first-order valence-corrected chi connectivity index (χ1v) is 10.0. The summed E-state index contributed by atoms with van der Waals surface area (Å²) < 4.78 is 34.3. The Labute approximate surface area is 161 Å². The van der Waals surface area contributed by atoms with Crippen LogP contribution in [0.3, 0.4) is 0 Å². The largest absolute Gasteiger partial charge is 0.493 e.